The zero-order chi connectivity index (χ0) is 16.2. The molecule has 120 valence electrons. The van der Waals surface area contributed by atoms with E-state index in [2.05, 4.69) is 10.6 Å². The lowest BCUT2D eigenvalue weighted by Crippen LogP contribution is -2.28. The number of carbonyl (C=O) groups excluding carboxylic acids is 2. The van der Waals surface area contributed by atoms with Gasteiger partial charge in [-0.15, -0.1) is 0 Å². The molecule has 3 N–H and O–H groups in total. The third-order valence-electron chi connectivity index (χ3n) is 3.75. The van der Waals surface area contributed by atoms with Gasteiger partial charge in [0.15, 0.2) is 0 Å². The van der Waals surface area contributed by atoms with Crippen LogP contribution in [0.4, 0.5) is 5.69 Å². The average molecular weight is 330 g/mol. The first kappa shape index (κ1) is 15.7. The van der Waals surface area contributed by atoms with E-state index in [0.29, 0.717) is 11.3 Å². The Hall–Kier alpha value is -2.18. The number of amides is 2. The van der Waals surface area contributed by atoms with E-state index in [9.17, 15) is 14.7 Å². The summed E-state index contributed by atoms with van der Waals surface area (Å²) in [5, 5.41) is 19.2. The van der Waals surface area contributed by atoms with Gasteiger partial charge in [-0.1, -0.05) is 0 Å². The molecule has 1 unspecified atom stereocenters. The predicted molar refractivity (Wildman–Crippen MR) is 89.4 cm³/mol. The summed E-state index contributed by atoms with van der Waals surface area (Å²) in [5.74, 6) is -0.0583. The molecule has 5 nitrogen and oxygen atoms in total. The van der Waals surface area contributed by atoms with Gasteiger partial charge in [0.25, 0.3) is 5.91 Å². The quantitative estimate of drug-likeness (QED) is 0.762. The molecule has 2 amide bonds. The minimum absolute atomic E-state index is 0.0427. The van der Waals surface area contributed by atoms with E-state index in [1.807, 2.05) is 16.8 Å². The van der Waals surface area contributed by atoms with Crippen LogP contribution in [-0.2, 0) is 4.79 Å². The van der Waals surface area contributed by atoms with Crippen molar-refractivity contribution in [3.63, 3.8) is 0 Å². The Balaban J connectivity index is 1.51. The van der Waals surface area contributed by atoms with Gasteiger partial charge < -0.3 is 15.7 Å². The van der Waals surface area contributed by atoms with E-state index in [-0.39, 0.29) is 24.3 Å². The molecule has 23 heavy (non-hydrogen) atoms. The van der Waals surface area contributed by atoms with Gasteiger partial charge in [-0.2, -0.15) is 11.3 Å². The van der Waals surface area contributed by atoms with E-state index in [1.54, 1.807) is 24.3 Å². The SMILES string of the molecule is O=C(NCC(O)c1ccsc1)c1ccc(NC(=O)C2CC2)cc1. The van der Waals surface area contributed by atoms with Gasteiger partial charge in [0, 0.05) is 23.7 Å². The molecule has 1 heterocycles. The molecule has 6 heteroatoms. The fourth-order valence-electron chi connectivity index (χ4n) is 2.17. The third kappa shape index (κ3) is 4.18. The van der Waals surface area contributed by atoms with Crippen molar-refractivity contribution >= 4 is 28.8 Å². The molecule has 0 aliphatic heterocycles. The molecular formula is C17H18N2O3S. The molecule has 0 bridgehead atoms. The number of carbonyl (C=O) groups is 2. The third-order valence-corrected chi connectivity index (χ3v) is 4.45. The Morgan fingerprint density at radius 1 is 1.22 bits per heavy atom. The molecular weight excluding hydrogens is 312 g/mol. The maximum atomic E-state index is 12.1. The largest absolute Gasteiger partial charge is 0.387 e. The Kier molecular flexibility index (Phi) is 4.73. The van der Waals surface area contributed by atoms with Crippen molar-refractivity contribution in [2.45, 2.75) is 18.9 Å². The number of thiophene rings is 1. The number of rotatable bonds is 6. The second-order valence-electron chi connectivity index (χ2n) is 5.62. The monoisotopic (exact) mass is 330 g/mol. The standard InChI is InChI=1S/C17H18N2O3S/c20-15(13-7-8-23-10-13)9-18-16(21)11-3-5-14(6-4-11)19-17(22)12-1-2-12/h3-8,10,12,15,20H,1-2,9H2,(H,18,21)(H,19,22). The van der Waals surface area contributed by atoms with Gasteiger partial charge in [0.05, 0.1) is 6.10 Å². The van der Waals surface area contributed by atoms with E-state index in [1.165, 1.54) is 11.3 Å². The van der Waals surface area contributed by atoms with Crippen LogP contribution in [0.5, 0.6) is 0 Å². The fraction of sp³-hybridized carbons (Fsp3) is 0.294. The summed E-state index contributed by atoms with van der Waals surface area (Å²) in [6, 6.07) is 8.58. The van der Waals surface area contributed by atoms with Crippen LogP contribution in [0, 0.1) is 5.92 Å². The van der Waals surface area contributed by atoms with Crippen LogP contribution in [0.1, 0.15) is 34.9 Å². The topological polar surface area (TPSA) is 78.4 Å². The van der Waals surface area contributed by atoms with Crippen molar-refractivity contribution in [2.75, 3.05) is 11.9 Å². The summed E-state index contributed by atoms with van der Waals surface area (Å²) in [6.45, 7) is 0.162. The molecule has 1 aromatic heterocycles. The number of aliphatic hydroxyl groups excluding tert-OH is 1. The van der Waals surface area contributed by atoms with Crippen molar-refractivity contribution in [3.8, 4) is 0 Å². The molecule has 0 saturated heterocycles. The Labute approximate surface area is 138 Å². The number of benzene rings is 1. The molecule has 1 aliphatic rings. The maximum absolute atomic E-state index is 12.1. The number of anilines is 1. The van der Waals surface area contributed by atoms with Crippen LogP contribution < -0.4 is 10.6 Å². The zero-order valence-electron chi connectivity index (χ0n) is 12.5. The summed E-state index contributed by atoms with van der Waals surface area (Å²) >= 11 is 1.50. The number of aliphatic hydroxyl groups is 1. The molecule has 3 rings (SSSR count). The van der Waals surface area contributed by atoms with Gasteiger partial charge in [-0.05, 0) is 59.5 Å². The van der Waals surface area contributed by atoms with E-state index in [0.717, 1.165) is 18.4 Å². The van der Waals surface area contributed by atoms with E-state index >= 15 is 0 Å². The smallest absolute Gasteiger partial charge is 0.251 e. The van der Waals surface area contributed by atoms with E-state index in [4.69, 9.17) is 0 Å². The molecule has 1 fully saturated rings. The first-order chi connectivity index (χ1) is 11.1. The predicted octanol–water partition coefficient (Wildman–Crippen LogP) is 2.56. The first-order valence-electron chi connectivity index (χ1n) is 7.53. The Bertz CT molecular complexity index is 678. The zero-order valence-corrected chi connectivity index (χ0v) is 13.3. The van der Waals surface area contributed by atoms with Crippen molar-refractivity contribution in [1.29, 1.82) is 0 Å². The first-order valence-corrected chi connectivity index (χ1v) is 8.47. The Morgan fingerprint density at radius 3 is 2.57 bits per heavy atom. The van der Waals surface area contributed by atoms with Gasteiger partial charge in [-0.25, -0.2) is 0 Å². The maximum Gasteiger partial charge on any atom is 0.251 e. The van der Waals surface area contributed by atoms with Crippen LogP contribution >= 0.6 is 11.3 Å². The van der Waals surface area contributed by atoms with Crippen LogP contribution in [0.2, 0.25) is 0 Å². The minimum Gasteiger partial charge on any atom is -0.387 e. The van der Waals surface area contributed by atoms with Crippen LogP contribution in [0.15, 0.2) is 41.1 Å². The highest BCUT2D eigenvalue weighted by molar-refractivity contribution is 7.07. The fourth-order valence-corrected chi connectivity index (χ4v) is 2.88. The summed E-state index contributed by atoms with van der Waals surface area (Å²) in [7, 11) is 0. The number of hydrogen-bond acceptors (Lipinski definition) is 4. The normalized spacial score (nSPS) is 15.0. The number of nitrogens with one attached hydrogen (secondary N) is 2. The van der Waals surface area contributed by atoms with Crippen molar-refractivity contribution in [2.24, 2.45) is 5.92 Å². The number of hydrogen-bond donors (Lipinski definition) is 3. The van der Waals surface area contributed by atoms with Crippen LogP contribution in [0.25, 0.3) is 0 Å². The lowest BCUT2D eigenvalue weighted by Gasteiger charge is -2.11. The molecule has 1 aliphatic carbocycles. The molecule has 1 atom stereocenters. The summed E-state index contributed by atoms with van der Waals surface area (Å²) in [5.41, 5.74) is 1.98. The minimum atomic E-state index is -0.706. The molecule has 0 radical (unpaired) electrons. The Morgan fingerprint density at radius 2 is 1.96 bits per heavy atom. The summed E-state index contributed by atoms with van der Waals surface area (Å²) < 4.78 is 0. The molecule has 0 spiro atoms. The van der Waals surface area contributed by atoms with Gasteiger partial charge in [0.1, 0.15) is 0 Å². The van der Waals surface area contributed by atoms with Crippen LogP contribution in [-0.4, -0.2) is 23.5 Å². The second-order valence-corrected chi connectivity index (χ2v) is 6.40. The highest BCUT2D eigenvalue weighted by Crippen LogP contribution is 2.30. The van der Waals surface area contributed by atoms with Crippen molar-refractivity contribution in [3.05, 3.63) is 52.2 Å². The van der Waals surface area contributed by atoms with Gasteiger partial charge in [-0.3, -0.25) is 9.59 Å². The summed E-state index contributed by atoms with van der Waals surface area (Å²) in [6.07, 6.45) is 1.21. The lowest BCUT2D eigenvalue weighted by molar-refractivity contribution is -0.117. The lowest BCUT2D eigenvalue weighted by atomic mass is 10.1. The summed E-state index contributed by atoms with van der Waals surface area (Å²) in [4.78, 5) is 23.7. The van der Waals surface area contributed by atoms with Crippen LogP contribution in [0.3, 0.4) is 0 Å². The van der Waals surface area contributed by atoms with Crippen molar-refractivity contribution in [1.82, 2.24) is 5.32 Å². The second kappa shape index (κ2) is 6.93. The van der Waals surface area contributed by atoms with E-state index < -0.39 is 6.10 Å². The average Bonchev–Trinajstić information content (AvgIpc) is 3.28. The van der Waals surface area contributed by atoms with Gasteiger partial charge >= 0.3 is 0 Å². The van der Waals surface area contributed by atoms with Crippen molar-refractivity contribution < 1.29 is 14.7 Å². The molecule has 1 aromatic carbocycles. The molecule has 1 saturated carbocycles. The van der Waals surface area contributed by atoms with Gasteiger partial charge in [0.2, 0.25) is 5.91 Å². The highest BCUT2D eigenvalue weighted by atomic mass is 32.1. The molecule has 2 aromatic rings. The highest BCUT2D eigenvalue weighted by Gasteiger charge is 2.29.